The Labute approximate surface area is 193 Å². The predicted octanol–water partition coefficient (Wildman–Crippen LogP) is 2.89. The van der Waals surface area contributed by atoms with Crippen molar-refractivity contribution >= 4 is 16.9 Å². The van der Waals surface area contributed by atoms with Gasteiger partial charge in [-0.05, 0) is 29.8 Å². The van der Waals surface area contributed by atoms with Crippen LogP contribution in [0.25, 0.3) is 10.9 Å². The lowest BCUT2D eigenvalue weighted by Gasteiger charge is -2.34. The van der Waals surface area contributed by atoms with Crippen LogP contribution in [0.5, 0.6) is 5.75 Å². The van der Waals surface area contributed by atoms with Crippen LogP contribution in [0.1, 0.15) is 11.4 Å². The van der Waals surface area contributed by atoms with Gasteiger partial charge < -0.3 is 19.9 Å². The number of fused-ring (bicyclic) bond motifs is 1. The standard InChI is InChI=1S/C23H24F3N5O3/c24-23(25,26)15-34-17-5-3-4-16(12-17)13-27-22(33)31-10-8-30(9-11-31)14-20-28-19-7-2-1-6-18(19)21(32)29-20/h1-7,12H,8-11,13-15H2,(H,27,33)(H,28,29,32). The monoisotopic (exact) mass is 475 g/mol. The molecule has 3 aromatic rings. The van der Waals surface area contributed by atoms with Crippen LogP contribution in [-0.4, -0.2) is 64.8 Å². The number of hydrogen-bond donors (Lipinski definition) is 2. The van der Waals surface area contributed by atoms with Crippen molar-refractivity contribution in [3.05, 3.63) is 70.3 Å². The summed E-state index contributed by atoms with van der Waals surface area (Å²) in [5, 5.41) is 3.34. The van der Waals surface area contributed by atoms with E-state index in [1.807, 2.05) is 6.07 Å². The molecular formula is C23H24F3N5O3. The van der Waals surface area contributed by atoms with Gasteiger partial charge in [-0.1, -0.05) is 24.3 Å². The first-order valence-corrected chi connectivity index (χ1v) is 10.8. The van der Waals surface area contributed by atoms with Crippen molar-refractivity contribution in [2.45, 2.75) is 19.3 Å². The molecule has 180 valence electrons. The number of hydrogen-bond acceptors (Lipinski definition) is 5. The van der Waals surface area contributed by atoms with Crippen molar-refractivity contribution in [1.82, 2.24) is 25.1 Å². The molecule has 11 heteroatoms. The topological polar surface area (TPSA) is 90.6 Å². The summed E-state index contributed by atoms with van der Waals surface area (Å²) >= 11 is 0. The third-order valence-electron chi connectivity index (χ3n) is 5.44. The molecule has 1 saturated heterocycles. The van der Waals surface area contributed by atoms with Gasteiger partial charge in [0.25, 0.3) is 5.56 Å². The van der Waals surface area contributed by atoms with E-state index < -0.39 is 12.8 Å². The summed E-state index contributed by atoms with van der Waals surface area (Å²) in [6.45, 7) is 1.51. The van der Waals surface area contributed by atoms with Gasteiger partial charge in [0, 0.05) is 32.7 Å². The van der Waals surface area contributed by atoms with E-state index in [0.29, 0.717) is 55.0 Å². The van der Waals surface area contributed by atoms with Crippen LogP contribution < -0.4 is 15.6 Å². The Kier molecular flexibility index (Phi) is 7.01. The molecule has 0 saturated carbocycles. The van der Waals surface area contributed by atoms with E-state index in [1.54, 1.807) is 35.2 Å². The zero-order valence-electron chi connectivity index (χ0n) is 18.3. The summed E-state index contributed by atoms with van der Waals surface area (Å²) in [5.74, 6) is 0.673. The highest BCUT2D eigenvalue weighted by Gasteiger charge is 2.28. The molecule has 0 aliphatic carbocycles. The Morgan fingerprint density at radius 2 is 1.85 bits per heavy atom. The molecule has 1 aromatic heterocycles. The number of carbonyl (C=O) groups excluding carboxylic acids is 1. The highest BCUT2D eigenvalue weighted by atomic mass is 19.4. The quantitative estimate of drug-likeness (QED) is 0.572. The summed E-state index contributed by atoms with van der Waals surface area (Å²) in [6, 6.07) is 13.1. The van der Waals surface area contributed by atoms with E-state index in [4.69, 9.17) is 4.74 Å². The fourth-order valence-corrected chi connectivity index (χ4v) is 3.73. The second kappa shape index (κ2) is 10.1. The number of piperazine rings is 1. The zero-order chi connectivity index (χ0) is 24.1. The zero-order valence-corrected chi connectivity index (χ0v) is 18.3. The minimum Gasteiger partial charge on any atom is -0.484 e. The Bertz CT molecular complexity index is 1210. The number of halogens is 3. The Morgan fingerprint density at radius 3 is 2.62 bits per heavy atom. The average molecular weight is 475 g/mol. The van der Waals surface area contributed by atoms with Crippen molar-refractivity contribution in [1.29, 1.82) is 0 Å². The molecule has 34 heavy (non-hydrogen) atoms. The first-order chi connectivity index (χ1) is 16.3. The second-order valence-electron chi connectivity index (χ2n) is 8.00. The van der Waals surface area contributed by atoms with Gasteiger partial charge in [0.05, 0.1) is 17.4 Å². The van der Waals surface area contributed by atoms with Crippen molar-refractivity contribution in [2.75, 3.05) is 32.8 Å². The number of urea groups is 1. The van der Waals surface area contributed by atoms with Crippen molar-refractivity contribution in [3.8, 4) is 5.75 Å². The number of alkyl halides is 3. The molecular weight excluding hydrogens is 451 g/mol. The molecule has 0 unspecified atom stereocenters. The molecule has 1 aliphatic heterocycles. The van der Waals surface area contributed by atoms with E-state index in [2.05, 4.69) is 20.2 Å². The van der Waals surface area contributed by atoms with Gasteiger partial charge in [0.15, 0.2) is 6.61 Å². The number of aromatic amines is 1. The maximum atomic E-state index is 12.5. The summed E-state index contributed by atoms with van der Waals surface area (Å²) in [6.07, 6.45) is -4.41. The molecule has 0 bridgehead atoms. The smallest absolute Gasteiger partial charge is 0.422 e. The molecule has 2 amide bonds. The third kappa shape index (κ3) is 6.25. The molecule has 0 atom stereocenters. The van der Waals surface area contributed by atoms with Crippen LogP contribution in [-0.2, 0) is 13.1 Å². The van der Waals surface area contributed by atoms with E-state index >= 15 is 0 Å². The number of para-hydroxylation sites is 1. The number of rotatable bonds is 6. The summed E-state index contributed by atoms with van der Waals surface area (Å²) in [5.41, 5.74) is 1.11. The van der Waals surface area contributed by atoms with Crippen molar-refractivity contribution in [2.24, 2.45) is 0 Å². The summed E-state index contributed by atoms with van der Waals surface area (Å²) in [7, 11) is 0. The molecule has 2 aromatic carbocycles. The molecule has 2 heterocycles. The first-order valence-electron chi connectivity index (χ1n) is 10.8. The molecule has 1 aliphatic rings. The number of carbonyl (C=O) groups is 1. The molecule has 4 rings (SSSR count). The van der Waals surface area contributed by atoms with Crippen molar-refractivity contribution < 1.29 is 22.7 Å². The second-order valence-corrected chi connectivity index (χ2v) is 8.00. The minimum atomic E-state index is -4.41. The van der Waals surface area contributed by atoms with Gasteiger partial charge in [-0.15, -0.1) is 0 Å². The number of nitrogens with zero attached hydrogens (tertiary/aromatic N) is 3. The average Bonchev–Trinajstić information content (AvgIpc) is 2.82. The highest BCUT2D eigenvalue weighted by molar-refractivity contribution is 5.77. The van der Waals surface area contributed by atoms with Crippen LogP contribution in [0.4, 0.5) is 18.0 Å². The number of amides is 2. The lowest BCUT2D eigenvalue weighted by Crippen LogP contribution is -2.51. The van der Waals surface area contributed by atoms with Crippen LogP contribution >= 0.6 is 0 Å². The molecule has 0 radical (unpaired) electrons. The van der Waals surface area contributed by atoms with Crippen LogP contribution in [0.2, 0.25) is 0 Å². The highest BCUT2D eigenvalue weighted by Crippen LogP contribution is 2.19. The van der Waals surface area contributed by atoms with Gasteiger partial charge in [0.1, 0.15) is 11.6 Å². The van der Waals surface area contributed by atoms with Gasteiger partial charge >= 0.3 is 12.2 Å². The van der Waals surface area contributed by atoms with Gasteiger partial charge in [-0.2, -0.15) is 13.2 Å². The lowest BCUT2D eigenvalue weighted by atomic mass is 10.2. The molecule has 1 fully saturated rings. The van der Waals surface area contributed by atoms with E-state index in [-0.39, 0.29) is 23.9 Å². The Balaban J connectivity index is 1.25. The Morgan fingerprint density at radius 1 is 1.09 bits per heavy atom. The van der Waals surface area contributed by atoms with E-state index in [9.17, 15) is 22.8 Å². The van der Waals surface area contributed by atoms with Crippen LogP contribution in [0.15, 0.2) is 53.3 Å². The van der Waals surface area contributed by atoms with Gasteiger partial charge in [0.2, 0.25) is 0 Å². The lowest BCUT2D eigenvalue weighted by molar-refractivity contribution is -0.153. The van der Waals surface area contributed by atoms with E-state index in [1.165, 1.54) is 12.1 Å². The van der Waals surface area contributed by atoms with Crippen LogP contribution in [0, 0.1) is 0 Å². The fraction of sp³-hybridized carbons (Fsp3) is 0.348. The molecule has 2 N–H and O–H groups in total. The first kappa shape index (κ1) is 23.6. The van der Waals surface area contributed by atoms with Gasteiger partial charge in [-0.3, -0.25) is 9.69 Å². The van der Waals surface area contributed by atoms with E-state index in [0.717, 1.165) is 0 Å². The fourth-order valence-electron chi connectivity index (χ4n) is 3.73. The maximum Gasteiger partial charge on any atom is 0.422 e. The third-order valence-corrected chi connectivity index (χ3v) is 5.44. The molecule has 0 spiro atoms. The SMILES string of the molecule is O=C(NCc1cccc(OCC(F)(F)F)c1)N1CCN(Cc2nc3ccccc3c(=O)[nH]2)CC1. The predicted molar refractivity (Wildman–Crippen MR) is 119 cm³/mol. The van der Waals surface area contributed by atoms with Gasteiger partial charge in [-0.25, -0.2) is 9.78 Å². The van der Waals surface area contributed by atoms with Crippen molar-refractivity contribution in [3.63, 3.8) is 0 Å². The number of nitrogens with one attached hydrogen (secondary N) is 2. The summed E-state index contributed by atoms with van der Waals surface area (Å²) in [4.78, 5) is 35.9. The Hall–Kier alpha value is -3.60. The maximum absolute atomic E-state index is 12.5. The number of ether oxygens (including phenoxy) is 1. The summed E-state index contributed by atoms with van der Waals surface area (Å²) < 4.78 is 41.7. The normalized spacial score (nSPS) is 14.9. The largest absolute Gasteiger partial charge is 0.484 e. The molecule has 8 nitrogen and oxygen atoms in total. The number of aromatic nitrogens is 2. The number of benzene rings is 2. The van der Waals surface area contributed by atoms with Crippen LogP contribution in [0.3, 0.4) is 0 Å². The number of H-pyrrole nitrogens is 1. The minimum absolute atomic E-state index is 0.0954.